The molecule has 0 rings (SSSR count). The second-order valence-corrected chi connectivity index (χ2v) is 2.36. The van der Waals surface area contributed by atoms with Gasteiger partial charge in [0.25, 0.3) is 0 Å². The van der Waals surface area contributed by atoms with Crippen LogP contribution in [-0.2, 0) is 0 Å². The fourth-order valence-corrected chi connectivity index (χ4v) is 0.501. The first-order valence-electron chi connectivity index (χ1n) is 2.23. The van der Waals surface area contributed by atoms with E-state index in [9.17, 15) is 0 Å². The minimum Gasteiger partial charge on any atom is -0.235 e. The van der Waals surface area contributed by atoms with Gasteiger partial charge in [0.05, 0.1) is 0 Å². The van der Waals surface area contributed by atoms with Crippen LogP contribution in [0.4, 0.5) is 0 Å². The van der Waals surface area contributed by atoms with Crippen molar-refractivity contribution >= 4 is 28.7 Å². The molecule has 1 nitrogen and oxygen atoms in total. The molecule has 8 heavy (non-hydrogen) atoms. The first-order chi connectivity index (χ1) is 3.66. The molecule has 0 radical (unpaired) electrons. The second-order valence-electron chi connectivity index (χ2n) is 1.31. The highest BCUT2D eigenvalue weighted by molar-refractivity contribution is 8.00. The van der Waals surface area contributed by atoms with Crippen molar-refractivity contribution in [2.75, 3.05) is 0 Å². The van der Waals surface area contributed by atoms with Crippen molar-refractivity contribution < 1.29 is 0 Å². The molecule has 0 N–H and O–H groups in total. The Labute approximate surface area is 59.9 Å². The molecule has 0 bridgehead atoms. The third-order valence-electron chi connectivity index (χ3n) is 0.686. The second kappa shape index (κ2) is 3.98. The van der Waals surface area contributed by atoms with Gasteiger partial charge in [-0.05, 0) is 13.8 Å². The molecule has 0 amide bonds. The molecule has 0 heterocycles. The highest BCUT2D eigenvalue weighted by atomic mass is 35.5. The van der Waals surface area contributed by atoms with Crippen LogP contribution in [0.25, 0.3) is 0 Å². The quantitative estimate of drug-likeness (QED) is 0.334. The maximum atomic E-state index is 5.32. The summed E-state index contributed by atoms with van der Waals surface area (Å²) in [5.74, 6) is 0. The van der Waals surface area contributed by atoms with Gasteiger partial charge < -0.3 is 0 Å². The molecule has 0 spiro atoms. The van der Waals surface area contributed by atoms with Crippen LogP contribution in [-0.4, -0.2) is 4.50 Å². The molecule has 0 atom stereocenters. The summed E-state index contributed by atoms with van der Waals surface area (Å²) in [4.78, 5) is 3.80. The molecule has 3 heteroatoms. The summed E-state index contributed by atoms with van der Waals surface area (Å²) < 4.78 is 0.278. The molecule has 0 aliphatic heterocycles. The van der Waals surface area contributed by atoms with Crippen LogP contribution in [0.3, 0.4) is 0 Å². The Hall–Kier alpha value is 0.0500. The normalized spacial score (nSPS) is 14.5. The summed E-state index contributed by atoms with van der Waals surface area (Å²) >= 11 is 9.09. The van der Waals surface area contributed by atoms with Crippen molar-refractivity contribution in [1.29, 1.82) is 0 Å². The first kappa shape index (κ1) is 8.05. The van der Waals surface area contributed by atoms with E-state index in [1.165, 1.54) is 0 Å². The van der Waals surface area contributed by atoms with Crippen LogP contribution >= 0.6 is 24.2 Å². The molecule has 0 aliphatic rings. The highest BCUT2D eigenvalue weighted by Gasteiger charge is 1.81. The van der Waals surface area contributed by atoms with Crippen LogP contribution in [0.5, 0.6) is 0 Å². The zero-order valence-corrected chi connectivity index (χ0v) is 6.50. The van der Waals surface area contributed by atoms with E-state index >= 15 is 0 Å². The third kappa shape index (κ3) is 4.22. The average Bonchev–Trinajstić information content (AvgIpc) is 1.65. The van der Waals surface area contributed by atoms with E-state index in [-0.39, 0.29) is 4.50 Å². The summed E-state index contributed by atoms with van der Waals surface area (Å²) in [6.45, 7) is 3.76. The summed E-state index contributed by atoms with van der Waals surface area (Å²) in [7, 11) is 0. The standard InChI is InChI=1S/C5H8ClNS/c1-3-4(2)7-5(6)8/h3H,1-2H3,(H,7,8)/b4-3-. The van der Waals surface area contributed by atoms with E-state index < -0.39 is 0 Å². The van der Waals surface area contributed by atoms with Gasteiger partial charge in [-0.2, -0.15) is 0 Å². The molecule has 0 aromatic rings. The smallest absolute Gasteiger partial charge is 0.159 e. The zero-order chi connectivity index (χ0) is 6.57. The fourth-order valence-electron chi connectivity index (χ4n) is 0.210. The van der Waals surface area contributed by atoms with E-state index in [1.54, 1.807) is 0 Å². The average molecular weight is 150 g/mol. The van der Waals surface area contributed by atoms with E-state index in [0.717, 1.165) is 5.70 Å². The number of aliphatic imine (C=N–C) groups is 1. The molecule has 46 valence electrons. The van der Waals surface area contributed by atoms with E-state index in [4.69, 9.17) is 11.6 Å². The van der Waals surface area contributed by atoms with Crippen molar-refractivity contribution in [2.24, 2.45) is 4.99 Å². The SMILES string of the molecule is C/C=C(C)\N=C(/S)Cl. The Morgan fingerprint density at radius 2 is 2.25 bits per heavy atom. The minimum atomic E-state index is 0.278. The molecule has 0 saturated carbocycles. The van der Waals surface area contributed by atoms with Crippen molar-refractivity contribution in [3.63, 3.8) is 0 Å². The van der Waals surface area contributed by atoms with Gasteiger partial charge in [-0.1, -0.05) is 17.7 Å². The Balaban J connectivity index is 3.89. The van der Waals surface area contributed by atoms with Crippen molar-refractivity contribution in [1.82, 2.24) is 0 Å². The number of halogens is 1. The zero-order valence-electron chi connectivity index (χ0n) is 4.85. The Morgan fingerprint density at radius 3 is 2.38 bits per heavy atom. The van der Waals surface area contributed by atoms with Gasteiger partial charge in [0.2, 0.25) is 0 Å². The number of allylic oxidation sites excluding steroid dienone is 2. The Bertz CT molecular complexity index is 124. The molecule has 0 aromatic carbocycles. The lowest BCUT2D eigenvalue weighted by molar-refractivity contribution is 1.30. The van der Waals surface area contributed by atoms with Gasteiger partial charge >= 0.3 is 0 Å². The van der Waals surface area contributed by atoms with E-state index in [1.807, 2.05) is 19.9 Å². The lowest BCUT2D eigenvalue weighted by Gasteiger charge is -1.86. The molecule has 0 aromatic heterocycles. The number of thiol groups is 1. The van der Waals surface area contributed by atoms with Gasteiger partial charge in [-0.15, -0.1) is 12.6 Å². The molecular formula is C5H8ClNS. The Morgan fingerprint density at radius 1 is 1.75 bits per heavy atom. The van der Waals surface area contributed by atoms with Gasteiger partial charge in [0, 0.05) is 5.70 Å². The van der Waals surface area contributed by atoms with E-state index in [2.05, 4.69) is 17.6 Å². The first-order valence-corrected chi connectivity index (χ1v) is 3.05. The minimum absolute atomic E-state index is 0.278. The summed E-state index contributed by atoms with van der Waals surface area (Å²) in [6.07, 6.45) is 1.86. The van der Waals surface area contributed by atoms with Gasteiger partial charge in [-0.3, -0.25) is 0 Å². The lowest BCUT2D eigenvalue weighted by Crippen LogP contribution is -1.71. The Kier molecular flexibility index (Phi) is 4.01. The summed E-state index contributed by atoms with van der Waals surface area (Å²) in [5.41, 5.74) is 0.880. The number of hydrogen-bond acceptors (Lipinski definition) is 1. The lowest BCUT2D eigenvalue weighted by atomic mass is 10.5. The monoisotopic (exact) mass is 149 g/mol. The maximum absolute atomic E-state index is 5.32. The molecular weight excluding hydrogens is 142 g/mol. The fraction of sp³-hybridized carbons (Fsp3) is 0.400. The summed E-state index contributed by atoms with van der Waals surface area (Å²) in [5, 5.41) is 0. The topological polar surface area (TPSA) is 12.4 Å². The predicted molar refractivity (Wildman–Crippen MR) is 41.7 cm³/mol. The highest BCUT2D eigenvalue weighted by Crippen LogP contribution is 1.99. The maximum Gasteiger partial charge on any atom is 0.159 e. The van der Waals surface area contributed by atoms with Crippen LogP contribution in [0.1, 0.15) is 13.8 Å². The van der Waals surface area contributed by atoms with Gasteiger partial charge in [0.1, 0.15) is 0 Å². The van der Waals surface area contributed by atoms with Gasteiger partial charge in [-0.25, -0.2) is 4.99 Å². The van der Waals surface area contributed by atoms with Crippen molar-refractivity contribution in [2.45, 2.75) is 13.8 Å². The van der Waals surface area contributed by atoms with Gasteiger partial charge in [0.15, 0.2) is 4.50 Å². The van der Waals surface area contributed by atoms with Crippen LogP contribution in [0, 0.1) is 0 Å². The number of hydrogen-bond donors (Lipinski definition) is 1. The van der Waals surface area contributed by atoms with Crippen LogP contribution in [0.15, 0.2) is 16.8 Å². The molecule has 0 aliphatic carbocycles. The molecule has 0 saturated heterocycles. The van der Waals surface area contributed by atoms with Crippen LogP contribution < -0.4 is 0 Å². The number of nitrogens with zero attached hydrogens (tertiary/aromatic N) is 1. The molecule has 0 fully saturated rings. The number of rotatable bonds is 1. The largest absolute Gasteiger partial charge is 0.235 e. The van der Waals surface area contributed by atoms with Crippen LogP contribution in [0.2, 0.25) is 0 Å². The third-order valence-corrected chi connectivity index (χ3v) is 0.871. The van der Waals surface area contributed by atoms with Crippen molar-refractivity contribution in [3.05, 3.63) is 11.8 Å². The molecule has 0 unspecified atom stereocenters. The van der Waals surface area contributed by atoms with Crippen molar-refractivity contribution in [3.8, 4) is 0 Å². The summed E-state index contributed by atoms with van der Waals surface area (Å²) in [6, 6.07) is 0. The van der Waals surface area contributed by atoms with E-state index in [0.29, 0.717) is 0 Å². The predicted octanol–water partition coefficient (Wildman–Crippen LogP) is 2.43.